The number of imide groups is 2. The number of halogens is 1. The summed E-state index contributed by atoms with van der Waals surface area (Å²) in [7, 11) is 3.21. The van der Waals surface area contributed by atoms with E-state index in [0.29, 0.717) is 39.0 Å². The summed E-state index contributed by atoms with van der Waals surface area (Å²) in [5.41, 5.74) is 2.83. The number of hydrogen-bond donors (Lipinski definition) is 1. The Labute approximate surface area is 363 Å². The molecule has 4 amide bonds. The highest BCUT2D eigenvalue weighted by Gasteiger charge is 2.70. The van der Waals surface area contributed by atoms with Crippen molar-refractivity contribution < 1.29 is 33.8 Å². The maximum atomic E-state index is 15.7. The molecule has 6 atom stereocenters. The molecule has 0 aromatic heterocycles. The third kappa shape index (κ3) is 5.90. The summed E-state index contributed by atoms with van der Waals surface area (Å²) >= 11 is 6.48. The summed E-state index contributed by atoms with van der Waals surface area (Å²) in [5.74, 6) is -4.10. The summed E-state index contributed by atoms with van der Waals surface area (Å²) < 4.78 is 10.9. The molecule has 2 saturated heterocycles. The van der Waals surface area contributed by atoms with Crippen LogP contribution >= 0.6 is 11.6 Å². The van der Waals surface area contributed by atoms with Crippen LogP contribution in [0.15, 0.2) is 145 Å². The molecule has 62 heavy (non-hydrogen) atoms. The quantitative estimate of drug-likeness (QED) is 0.0923. The Morgan fingerprint density at radius 1 is 0.710 bits per heavy atom. The van der Waals surface area contributed by atoms with Crippen molar-refractivity contribution in [3.8, 4) is 17.2 Å². The first kappa shape index (κ1) is 39.2. The van der Waals surface area contributed by atoms with Crippen molar-refractivity contribution in [1.82, 2.24) is 0 Å². The number of allylic oxidation sites excluding steroid dienone is 2. The van der Waals surface area contributed by atoms with Gasteiger partial charge in [-0.05, 0) is 95.3 Å². The fourth-order valence-corrected chi connectivity index (χ4v) is 11.0. The summed E-state index contributed by atoms with van der Waals surface area (Å²) in [6, 6.07) is 39.9. The lowest BCUT2D eigenvalue weighted by Crippen LogP contribution is -2.53. The average molecular weight is 841 g/mol. The number of ether oxygens (including phenoxy) is 2. The SMILES string of the molecule is COc1ccc(OC)c(C=Cc2ccc(N3C(=O)[C@H]4[C@H](CC=C5[C@H]4C[C@H]4C(=O)N(c6cccc(Cl)c6)C(=O)[C@@]4(c4ccccc4)[C@H]5c4c(O)ccc5ccccc45)C3=O)cc2)c1. The molecule has 1 saturated carbocycles. The van der Waals surface area contributed by atoms with Gasteiger partial charge >= 0.3 is 0 Å². The number of rotatable bonds is 8. The second-order valence-corrected chi connectivity index (χ2v) is 16.8. The molecule has 2 aliphatic heterocycles. The minimum atomic E-state index is -1.53. The second-order valence-electron chi connectivity index (χ2n) is 16.4. The van der Waals surface area contributed by atoms with Crippen LogP contribution in [0.1, 0.15) is 41.0 Å². The lowest BCUT2D eigenvalue weighted by atomic mass is 9.48. The summed E-state index contributed by atoms with van der Waals surface area (Å²) in [4.78, 5) is 62.9. The van der Waals surface area contributed by atoms with Crippen LogP contribution in [0.2, 0.25) is 5.02 Å². The Balaban J connectivity index is 1.09. The van der Waals surface area contributed by atoms with Crippen LogP contribution in [-0.4, -0.2) is 43.0 Å². The fraction of sp³-hybridized carbons (Fsp3) is 0.192. The third-order valence-corrected chi connectivity index (χ3v) is 13.7. The Morgan fingerprint density at radius 2 is 1.48 bits per heavy atom. The van der Waals surface area contributed by atoms with Gasteiger partial charge in [-0.2, -0.15) is 0 Å². The fourth-order valence-electron chi connectivity index (χ4n) is 10.8. The molecule has 0 bridgehead atoms. The number of fused-ring (bicyclic) bond motifs is 5. The monoisotopic (exact) mass is 840 g/mol. The molecule has 0 spiro atoms. The Bertz CT molecular complexity index is 2890. The van der Waals surface area contributed by atoms with E-state index in [1.807, 2.05) is 109 Å². The number of nitrogens with zero attached hydrogens (tertiary/aromatic N) is 2. The van der Waals surface area contributed by atoms with Gasteiger partial charge in [0.15, 0.2) is 0 Å². The van der Waals surface area contributed by atoms with Gasteiger partial charge < -0.3 is 14.6 Å². The van der Waals surface area contributed by atoms with Gasteiger partial charge in [-0.1, -0.05) is 114 Å². The first-order valence-electron chi connectivity index (χ1n) is 20.6. The van der Waals surface area contributed by atoms with E-state index in [1.165, 1.54) is 9.80 Å². The minimum absolute atomic E-state index is 0.0256. The molecule has 308 valence electrons. The third-order valence-electron chi connectivity index (χ3n) is 13.4. The van der Waals surface area contributed by atoms with Crippen LogP contribution in [0.4, 0.5) is 11.4 Å². The summed E-state index contributed by atoms with van der Waals surface area (Å²) in [6.07, 6.45) is 6.22. The number of benzene rings is 6. The maximum absolute atomic E-state index is 15.7. The Kier molecular flexibility index (Phi) is 9.60. The van der Waals surface area contributed by atoms with Crippen LogP contribution < -0.4 is 19.3 Å². The predicted molar refractivity (Wildman–Crippen MR) is 239 cm³/mol. The standard InChI is InChI=1S/C52H41ClN2O7/c1-61-37-22-26-44(62-2)32(27-37)18-15-30-16-20-35(21-17-30)54-48(57)40-24-23-39-41(45(40)50(54)59)29-42-49(58)55(36-13-8-12-34(53)28-36)51(60)52(42,33-10-4-3-5-11-33)47(39)46-38-14-7-6-9-31(38)19-25-43(46)56/h3-23,25-28,40-42,45,47,56H,24,29H2,1-2H3/t40-,41+,42-,45-,47+,52+/m0/s1. The van der Waals surface area contributed by atoms with Crippen molar-refractivity contribution in [3.05, 3.63) is 172 Å². The van der Waals surface area contributed by atoms with E-state index in [1.54, 1.807) is 56.7 Å². The largest absolute Gasteiger partial charge is 0.508 e. The molecule has 2 heterocycles. The van der Waals surface area contributed by atoms with Crippen molar-refractivity contribution in [2.24, 2.45) is 23.7 Å². The Hall–Kier alpha value is -6.97. The Morgan fingerprint density at radius 3 is 2.24 bits per heavy atom. The number of carbonyl (C=O) groups is 4. The van der Waals surface area contributed by atoms with Gasteiger partial charge in [0, 0.05) is 22.1 Å². The van der Waals surface area contributed by atoms with Crippen LogP contribution in [-0.2, 0) is 24.6 Å². The zero-order chi connectivity index (χ0) is 42.9. The molecule has 6 aromatic rings. The highest BCUT2D eigenvalue weighted by molar-refractivity contribution is 6.32. The highest BCUT2D eigenvalue weighted by atomic mass is 35.5. The molecule has 0 unspecified atom stereocenters. The van der Waals surface area contributed by atoms with Gasteiger partial charge in [-0.15, -0.1) is 0 Å². The second kappa shape index (κ2) is 15.2. The van der Waals surface area contributed by atoms with E-state index in [9.17, 15) is 14.7 Å². The highest BCUT2D eigenvalue weighted by Crippen LogP contribution is 2.66. The molecular formula is C52H41ClN2O7. The van der Waals surface area contributed by atoms with Crippen molar-refractivity contribution >= 4 is 69.5 Å². The number of hydrogen-bond acceptors (Lipinski definition) is 7. The van der Waals surface area contributed by atoms with E-state index >= 15 is 9.59 Å². The van der Waals surface area contributed by atoms with E-state index in [-0.39, 0.29) is 30.4 Å². The van der Waals surface area contributed by atoms with E-state index in [0.717, 1.165) is 27.5 Å². The first-order chi connectivity index (χ1) is 30.1. The summed E-state index contributed by atoms with van der Waals surface area (Å²) in [6.45, 7) is 0. The minimum Gasteiger partial charge on any atom is -0.508 e. The van der Waals surface area contributed by atoms with Gasteiger partial charge in [0.25, 0.3) is 0 Å². The number of methoxy groups -OCH3 is 2. The van der Waals surface area contributed by atoms with E-state index in [4.69, 9.17) is 21.1 Å². The molecule has 9 nitrogen and oxygen atoms in total. The molecular weight excluding hydrogens is 800 g/mol. The number of carbonyl (C=O) groups excluding carboxylic acids is 4. The molecule has 6 aromatic carbocycles. The molecule has 10 heteroatoms. The number of phenols is 1. The topological polar surface area (TPSA) is 113 Å². The normalized spacial score (nSPS) is 24.3. The van der Waals surface area contributed by atoms with E-state index in [2.05, 4.69) is 0 Å². The molecule has 3 fully saturated rings. The summed E-state index contributed by atoms with van der Waals surface area (Å²) in [5, 5.41) is 14.0. The van der Waals surface area contributed by atoms with Crippen molar-refractivity contribution in [1.29, 1.82) is 0 Å². The van der Waals surface area contributed by atoms with Crippen molar-refractivity contribution in [2.75, 3.05) is 24.0 Å². The van der Waals surface area contributed by atoms with Gasteiger partial charge in [-0.25, -0.2) is 4.90 Å². The number of phenolic OH excluding ortho intramolecular Hbond substituents is 1. The van der Waals surface area contributed by atoms with E-state index < -0.39 is 46.8 Å². The van der Waals surface area contributed by atoms with Gasteiger partial charge in [0.05, 0.1) is 48.8 Å². The van der Waals surface area contributed by atoms with Crippen molar-refractivity contribution in [3.63, 3.8) is 0 Å². The zero-order valence-corrected chi connectivity index (χ0v) is 34.7. The first-order valence-corrected chi connectivity index (χ1v) is 21.0. The number of anilines is 2. The maximum Gasteiger partial charge on any atom is 0.246 e. The van der Waals surface area contributed by atoms with Gasteiger partial charge in [0.1, 0.15) is 17.2 Å². The lowest BCUT2D eigenvalue weighted by Gasteiger charge is -2.51. The smallest absolute Gasteiger partial charge is 0.246 e. The number of aromatic hydroxyl groups is 1. The molecule has 10 rings (SSSR count). The molecule has 2 aliphatic carbocycles. The molecule has 0 radical (unpaired) electrons. The zero-order valence-electron chi connectivity index (χ0n) is 33.9. The number of amides is 4. The molecule has 4 aliphatic rings. The molecule has 1 N–H and O–H groups in total. The van der Waals surface area contributed by atoms with Crippen LogP contribution in [0.3, 0.4) is 0 Å². The predicted octanol–water partition coefficient (Wildman–Crippen LogP) is 9.75. The van der Waals surface area contributed by atoms with Crippen LogP contribution in [0.25, 0.3) is 22.9 Å². The van der Waals surface area contributed by atoms with Crippen molar-refractivity contribution in [2.45, 2.75) is 24.2 Å². The lowest BCUT2D eigenvalue weighted by molar-refractivity contribution is -0.127. The van der Waals surface area contributed by atoms with Gasteiger partial charge in [-0.3, -0.25) is 24.1 Å². The van der Waals surface area contributed by atoms with Crippen LogP contribution in [0.5, 0.6) is 17.2 Å². The van der Waals surface area contributed by atoms with Crippen LogP contribution in [0, 0.1) is 23.7 Å². The van der Waals surface area contributed by atoms with Gasteiger partial charge in [0.2, 0.25) is 23.6 Å². The average Bonchev–Trinajstić information content (AvgIpc) is 3.69.